The molecule has 1 aromatic carbocycles. The molecular weight excluding hydrogens is 385 g/mol. The molecule has 0 unspecified atom stereocenters. The van der Waals surface area contributed by atoms with Crippen molar-refractivity contribution in [2.24, 2.45) is 0 Å². The lowest BCUT2D eigenvalue weighted by molar-refractivity contribution is 0.236. The van der Waals surface area contributed by atoms with Crippen molar-refractivity contribution in [3.05, 3.63) is 40.2 Å². The minimum absolute atomic E-state index is 0.0252. The van der Waals surface area contributed by atoms with Crippen molar-refractivity contribution in [3.8, 4) is 17.6 Å². The maximum atomic E-state index is 9.26. The summed E-state index contributed by atoms with van der Waals surface area (Å²) in [7, 11) is -2.48. The first kappa shape index (κ1) is 21.7. The van der Waals surface area contributed by atoms with E-state index in [0.717, 1.165) is 16.8 Å². The summed E-state index contributed by atoms with van der Waals surface area (Å²) in [6, 6.07) is 5.83. The van der Waals surface area contributed by atoms with E-state index in [9.17, 15) is 5.26 Å². The van der Waals surface area contributed by atoms with Crippen LogP contribution in [0.2, 0.25) is 0 Å². The van der Waals surface area contributed by atoms with Crippen molar-refractivity contribution in [1.29, 1.82) is 5.26 Å². The number of ether oxygens (including phenoxy) is 1. The quantitative estimate of drug-likeness (QED) is 0.626. The van der Waals surface area contributed by atoms with Crippen molar-refractivity contribution < 1.29 is 19.0 Å². The highest BCUT2D eigenvalue weighted by molar-refractivity contribution is 7.97. The predicted octanol–water partition coefficient (Wildman–Crippen LogP) is 4.34. The SMILES string of the molecule is CSCn1nc(C(C)C)c(Oc2cc(C)c(C#N)c(C)c2)c1COP(O)O. The lowest BCUT2D eigenvalue weighted by Gasteiger charge is -2.13. The average molecular weight is 409 g/mol. The number of aromatic nitrogens is 2. The lowest BCUT2D eigenvalue weighted by atomic mass is 10.0. The van der Waals surface area contributed by atoms with Crippen LogP contribution in [-0.2, 0) is 17.0 Å². The summed E-state index contributed by atoms with van der Waals surface area (Å²) < 4.78 is 13.0. The van der Waals surface area contributed by atoms with Crippen LogP contribution >= 0.6 is 20.4 Å². The van der Waals surface area contributed by atoms with Gasteiger partial charge in [-0.25, -0.2) is 0 Å². The van der Waals surface area contributed by atoms with E-state index in [1.54, 1.807) is 16.4 Å². The van der Waals surface area contributed by atoms with Crippen LogP contribution in [0.5, 0.6) is 11.5 Å². The summed E-state index contributed by atoms with van der Waals surface area (Å²) in [6.07, 6.45) is 1.96. The third-order valence-electron chi connectivity index (χ3n) is 3.99. The second kappa shape index (κ2) is 9.54. The molecule has 0 radical (unpaired) electrons. The average Bonchev–Trinajstić information content (AvgIpc) is 2.90. The van der Waals surface area contributed by atoms with Crippen molar-refractivity contribution in [2.75, 3.05) is 6.26 Å². The first-order chi connectivity index (χ1) is 12.8. The fourth-order valence-corrected chi connectivity index (χ4v) is 3.45. The zero-order chi connectivity index (χ0) is 20.1. The molecule has 0 atom stereocenters. The molecule has 0 bridgehead atoms. The second-order valence-electron chi connectivity index (χ2n) is 6.41. The van der Waals surface area contributed by atoms with Crippen LogP contribution in [0.1, 0.15) is 47.8 Å². The Morgan fingerprint density at radius 2 is 1.93 bits per heavy atom. The molecule has 27 heavy (non-hydrogen) atoms. The number of hydrogen-bond donors (Lipinski definition) is 2. The molecule has 0 amide bonds. The highest BCUT2D eigenvalue weighted by Crippen LogP contribution is 2.37. The Labute approximate surface area is 164 Å². The Bertz CT molecular complexity index is 823. The number of rotatable bonds is 8. The third kappa shape index (κ3) is 5.22. The summed E-state index contributed by atoms with van der Waals surface area (Å²) in [5.74, 6) is 1.85. The van der Waals surface area contributed by atoms with Gasteiger partial charge in [-0.2, -0.15) is 10.4 Å². The van der Waals surface area contributed by atoms with Crippen LogP contribution in [0.3, 0.4) is 0 Å². The van der Waals surface area contributed by atoms with E-state index in [4.69, 9.17) is 19.0 Å². The normalized spacial score (nSPS) is 11.3. The molecule has 0 spiro atoms. The van der Waals surface area contributed by atoms with Crippen molar-refractivity contribution >= 4 is 20.4 Å². The molecule has 9 heteroatoms. The van der Waals surface area contributed by atoms with Crippen LogP contribution in [0, 0.1) is 25.2 Å². The van der Waals surface area contributed by atoms with E-state index >= 15 is 0 Å². The van der Waals surface area contributed by atoms with Gasteiger partial charge in [-0.05, 0) is 43.4 Å². The van der Waals surface area contributed by atoms with E-state index in [0.29, 0.717) is 28.6 Å². The first-order valence-electron chi connectivity index (χ1n) is 8.37. The number of hydrogen-bond acceptors (Lipinski definition) is 7. The molecule has 0 fully saturated rings. The summed E-state index contributed by atoms with van der Waals surface area (Å²) >= 11 is 1.59. The zero-order valence-electron chi connectivity index (χ0n) is 16.1. The molecule has 0 saturated carbocycles. The van der Waals surface area contributed by atoms with Gasteiger partial charge >= 0.3 is 8.60 Å². The molecule has 146 valence electrons. The van der Waals surface area contributed by atoms with E-state index < -0.39 is 8.60 Å². The molecule has 0 aliphatic carbocycles. The van der Waals surface area contributed by atoms with Gasteiger partial charge in [0, 0.05) is 5.92 Å². The Hall–Kier alpha value is -1.62. The predicted molar refractivity (Wildman–Crippen MR) is 107 cm³/mol. The summed E-state index contributed by atoms with van der Waals surface area (Å²) in [6.45, 7) is 7.75. The molecule has 0 aliphatic rings. The smallest absolute Gasteiger partial charge is 0.327 e. The minimum atomic E-state index is -2.48. The van der Waals surface area contributed by atoms with Gasteiger partial charge in [-0.3, -0.25) is 4.68 Å². The minimum Gasteiger partial charge on any atom is -0.453 e. The Kier molecular flexibility index (Phi) is 7.66. The molecule has 2 aromatic rings. The maximum Gasteiger partial charge on any atom is 0.327 e. The topological polar surface area (TPSA) is 101 Å². The van der Waals surface area contributed by atoms with Crippen LogP contribution in [0.15, 0.2) is 12.1 Å². The van der Waals surface area contributed by atoms with Gasteiger partial charge in [0.05, 0.1) is 17.5 Å². The van der Waals surface area contributed by atoms with Gasteiger partial charge in [0.2, 0.25) is 0 Å². The van der Waals surface area contributed by atoms with Crippen LogP contribution in [0.4, 0.5) is 0 Å². The van der Waals surface area contributed by atoms with Crippen LogP contribution in [0.25, 0.3) is 0 Å². The van der Waals surface area contributed by atoms with Gasteiger partial charge < -0.3 is 19.0 Å². The van der Waals surface area contributed by atoms with Gasteiger partial charge in [-0.15, -0.1) is 11.8 Å². The van der Waals surface area contributed by atoms with E-state index in [1.165, 1.54) is 0 Å². The van der Waals surface area contributed by atoms with Crippen molar-refractivity contribution in [1.82, 2.24) is 9.78 Å². The highest BCUT2D eigenvalue weighted by atomic mass is 32.2. The summed E-state index contributed by atoms with van der Waals surface area (Å²) in [4.78, 5) is 18.3. The van der Waals surface area contributed by atoms with Crippen LogP contribution in [-0.4, -0.2) is 25.8 Å². The molecule has 7 nitrogen and oxygen atoms in total. The number of benzene rings is 1. The number of nitriles is 1. The van der Waals surface area contributed by atoms with E-state index in [-0.39, 0.29) is 12.5 Å². The number of nitrogens with zero attached hydrogens (tertiary/aromatic N) is 3. The molecular formula is C18H24N3O4PS. The Balaban J connectivity index is 2.51. The van der Waals surface area contributed by atoms with Gasteiger partial charge in [0.15, 0.2) is 5.75 Å². The third-order valence-corrected chi connectivity index (χ3v) is 4.85. The zero-order valence-corrected chi connectivity index (χ0v) is 17.8. The molecule has 0 saturated heterocycles. The van der Waals surface area contributed by atoms with Crippen molar-refractivity contribution in [2.45, 2.75) is 46.1 Å². The first-order valence-corrected chi connectivity index (χ1v) is 10.9. The summed E-state index contributed by atoms with van der Waals surface area (Å²) in [5.41, 5.74) is 3.72. The van der Waals surface area contributed by atoms with Crippen molar-refractivity contribution in [3.63, 3.8) is 0 Å². The second-order valence-corrected chi connectivity index (χ2v) is 8.00. The molecule has 1 heterocycles. The van der Waals surface area contributed by atoms with Gasteiger partial charge in [-0.1, -0.05) is 13.8 Å². The van der Waals surface area contributed by atoms with Gasteiger partial charge in [0.1, 0.15) is 23.7 Å². The lowest BCUT2D eigenvalue weighted by Crippen LogP contribution is -2.04. The Morgan fingerprint density at radius 3 is 2.41 bits per heavy atom. The molecule has 2 rings (SSSR count). The van der Waals surface area contributed by atoms with Crippen LogP contribution < -0.4 is 4.74 Å². The summed E-state index contributed by atoms with van der Waals surface area (Å²) in [5, 5.41) is 13.9. The fraction of sp³-hybridized carbons (Fsp3) is 0.444. The maximum absolute atomic E-state index is 9.26. The number of thioether (sulfide) groups is 1. The number of aryl methyl sites for hydroxylation is 2. The molecule has 1 aromatic heterocycles. The molecule has 2 N–H and O–H groups in total. The van der Waals surface area contributed by atoms with Gasteiger partial charge in [0.25, 0.3) is 0 Å². The largest absolute Gasteiger partial charge is 0.453 e. The Morgan fingerprint density at radius 1 is 1.30 bits per heavy atom. The highest BCUT2D eigenvalue weighted by Gasteiger charge is 2.23. The van der Waals surface area contributed by atoms with E-state index in [1.807, 2.05) is 46.1 Å². The molecule has 0 aliphatic heterocycles. The van der Waals surface area contributed by atoms with E-state index in [2.05, 4.69) is 11.2 Å². The monoisotopic (exact) mass is 409 g/mol. The standard InChI is InChI=1S/C18H24N3O4PS/c1-11(2)17-18(16(9-24-26(22)23)21(20-17)10-27-5)25-14-6-12(3)15(8-19)13(4)7-14/h6-7,11,22-23H,9-10H2,1-5H3. The fourth-order valence-electron chi connectivity index (χ4n) is 2.75.